The van der Waals surface area contributed by atoms with Gasteiger partial charge in [-0.1, -0.05) is 6.07 Å². The van der Waals surface area contributed by atoms with Crippen molar-refractivity contribution in [1.82, 2.24) is 9.97 Å². The van der Waals surface area contributed by atoms with Crippen LogP contribution in [-0.4, -0.2) is 40.9 Å². The second-order valence-corrected chi connectivity index (χ2v) is 8.70. The average molecular weight is 481 g/mol. The van der Waals surface area contributed by atoms with E-state index in [-0.39, 0.29) is 36.5 Å². The maximum absolute atomic E-state index is 12.4. The zero-order chi connectivity index (χ0) is 20.4. The number of carbonyl (C=O) groups is 1. The molecule has 3 aliphatic rings. The minimum Gasteiger partial charge on any atom is -0.489 e. The average Bonchev–Trinajstić information content (AvgIpc) is 3.08. The van der Waals surface area contributed by atoms with Crippen molar-refractivity contribution in [3.63, 3.8) is 0 Å². The molecular weight excluding hydrogens is 451 g/mol. The summed E-state index contributed by atoms with van der Waals surface area (Å²) in [6, 6.07) is 9.58. The zero-order valence-electron chi connectivity index (χ0n) is 17.9. The lowest BCUT2D eigenvalue weighted by atomic mass is 9.78. The van der Waals surface area contributed by atoms with Crippen LogP contribution in [0.5, 0.6) is 5.75 Å². The molecule has 1 amide bonds. The lowest BCUT2D eigenvalue weighted by Crippen LogP contribution is -2.39. The van der Waals surface area contributed by atoms with Crippen LogP contribution >= 0.6 is 24.8 Å². The Morgan fingerprint density at radius 3 is 2.53 bits per heavy atom. The molecule has 2 aliphatic carbocycles. The Morgan fingerprint density at radius 2 is 1.91 bits per heavy atom. The summed E-state index contributed by atoms with van der Waals surface area (Å²) >= 11 is 0. The van der Waals surface area contributed by atoms with E-state index in [0.717, 1.165) is 56.6 Å². The molecule has 32 heavy (non-hydrogen) atoms. The van der Waals surface area contributed by atoms with Crippen LogP contribution in [0.25, 0.3) is 0 Å². The number of aromatic nitrogens is 2. The van der Waals surface area contributed by atoms with E-state index in [1.807, 2.05) is 30.3 Å². The first kappa shape index (κ1) is 24.4. The van der Waals surface area contributed by atoms with Gasteiger partial charge >= 0.3 is 6.09 Å². The van der Waals surface area contributed by atoms with Gasteiger partial charge in [0.15, 0.2) is 0 Å². The van der Waals surface area contributed by atoms with Crippen LogP contribution in [0, 0.1) is 5.92 Å². The Balaban J connectivity index is 0.00000144. The normalized spacial score (nSPS) is 24.7. The van der Waals surface area contributed by atoms with E-state index in [0.29, 0.717) is 24.4 Å². The smallest absolute Gasteiger partial charge is 0.416 e. The van der Waals surface area contributed by atoms with E-state index < -0.39 is 0 Å². The van der Waals surface area contributed by atoms with Gasteiger partial charge in [0.2, 0.25) is 0 Å². The molecule has 0 bridgehead atoms. The molecule has 9 heteroatoms. The van der Waals surface area contributed by atoms with Gasteiger partial charge in [0.25, 0.3) is 0 Å². The Hall–Kier alpha value is -2.25. The second-order valence-electron chi connectivity index (χ2n) is 8.70. The topological polar surface area (TPSA) is 76.6 Å². The molecule has 1 N–H and O–H groups in total. The molecule has 2 saturated carbocycles. The van der Waals surface area contributed by atoms with Crippen molar-refractivity contribution < 1.29 is 14.3 Å². The van der Waals surface area contributed by atoms with Gasteiger partial charge in [-0.25, -0.2) is 14.8 Å². The van der Waals surface area contributed by atoms with Gasteiger partial charge in [-0.3, -0.25) is 4.90 Å². The fraction of sp³-hybridized carbons (Fsp3) is 0.522. The van der Waals surface area contributed by atoms with Gasteiger partial charge in [-0.2, -0.15) is 0 Å². The molecule has 0 unspecified atom stereocenters. The van der Waals surface area contributed by atoms with Gasteiger partial charge in [-0.15, -0.1) is 24.8 Å². The highest BCUT2D eigenvalue weighted by Gasteiger charge is 2.47. The Morgan fingerprint density at radius 1 is 1.09 bits per heavy atom. The fourth-order valence-corrected chi connectivity index (χ4v) is 4.47. The summed E-state index contributed by atoms with van der Waals surface area (Å²) in [4.78, 5) is 22.8. The number of carbonyl (C=O) groups excluding carboxylic acids is 1. The van der Waals surface area contributed by atoms with E-state index in [9.17, 15) is 4.79 Å². The zero-order valence-corrected chi connectivity index (χ0v) is 19.6. The molecule has 2 aromatic heterocycles. The van der Waals surface area contributed by atoms with E-state index in [4.69, 9.17) is 9.47 Å². The first-order valence-electron chi connectivity index (χ1n) is 11.0. The van der Waals surface area contributed by atoms with Crippen molar-refractivity contribution in [2.75, 3.05) is 23.3 Å². The number of nitrogens with zero attached hydrogens (tertiary/aromatic N) is 3. The second kappa shape index (κ2) is 10.6. The van der Waals surface area contributed by atoms with E-state index in [1.165, 1.54) is 6.42 Å². The molecule has 5 rings (SSSR count). The number of ether oxygens (including phenoxy) is 2. The first-order chi connectivity index (χ1) is 14.7. The molecule has 2 aromatic rings. The Labute approximate surface area is 201 Å². The van der Waals surface area contributed by atoms with Crippen LogP contribution in [0.1, 0.15) is 44.9 Å². The number of hydrogen-bond acceptors (Lipinski definition) is 6. The molecule has 0 atom stereocenters. The molecule has 1 saturated heterocycles. The van der Waals surface area contributed by atoms with Crippen molar-refractivity contribution >= 4 is 42.5 Å². The van der Waals surface area contributed by atoms with Crippen LogP contribution in [0.3, 0.4) is 0 Å². The Bertz CT molecular complexity index is 873. The lowest BCUT2D eigenvalue weighted by Gasteiger charge is -2.35. The summed E-state index contributed by atoms with van der Waals surface area (Å²) in [7, 11) is 0. The third-order valence-corrected chi connectivity index (χ3v) is 6.58. The van der Waals surface area contributed by atoms with E-state index in [1.54, 1.807) is 17.3 Å². The van der Waals surface area contributed by atoms with Crippen molar-refractivity contribution in [3.05, 3.63) is 42.7 Å². The summed E-state index contributed by atoms with van der Waals surface area (Å²) in [6.45, 7) is 1.47. The van der Waals surface area contributed by atoms with Crippen molar-refractivity contribution in [2.24, 2.45) is 5.92 Å². The van der Waals surface area contributed by atoms with E-state index >= 15 is 0 Å². The highest BCUT2D eigenvalue weighted by molar-refractivity contribution is 5.89. The van der Waals surface area contributed by atoms with Gasteiger partial charge < -0.3 is 14.8 Å². The third kappa shape index (κ3) is 5.38. The summed E-state index contributed by atoms with van der Waals surface area (Å²) < 4.78 is 11.7. The van der Waals surface area contributed by atoms with E-state index in [2.05, 4.69) is 15.3 Å². The number of amides is 1. The predicted octanol–water partition coefficient (Wildman–Crippen LogP) is 5.25. The molecule has 3 heterocycles. The van der Waals surface area contributed by atoms with Crippen molar-refractivity contribution in [2.45, 2.75) is 56.7 Å². The number of anilines is 2. The molecule has 0 radical (unpaired) electrons. The molecule has 7 nitrogen and oxygen atoms in total. The van der Waals surface area contributed by atoms with Crippen LogP contribution < -0.4 is 15.0 Å². The standard InChI is InChI=1S/C23H28N4O3.2ClH/c28-22-27(21-6-1-2-13-24-21)16-23(30-22)11-9-17(10-12-23)14-25-20-8-7-19(15-26-20)29-18-4-3-5-18;;/h1-2,6-8,13,15,17-18H,3-5,9-12,14,16H2,(H,25,26);2*1H. The number of nitrogens with one attached hydrogen (secondary N) is 1. The monoisotopic (exact) mass is 480 g/mol. The highest BCUT2D eigenvalue weighted by Crippen LogP contribution is 2.40. The SMILES string of the molecule is Cl.Cl.O=C1OC2(CCC(CNc3ccc(OC4CCC4)cn3)CC2)CN1c1ccccn1. The number of halogens is 2. The number of hydrogen-bond donors (Lipinski definition) is 1. The third-order valence-electron chi connectivity index (χ3n) is 6.58. The van der Waals surface area contributed by atoms with Crippen LogP contribution in [0.15, 0.2) is 42.7 Å². The summed E-state index contributed by atoms with van der Waals surface area (Å²) in [5.41, 5.74) is -0.371. The van der Waals surface area contributed by atoms with Crippen LogP contribution in [-0.2, 0) is 4.74 Å². The van der Waals surface area contributed by atoms with Crippen LogP contribution in [0.2, 0.25) is 0 Å². The van der Waals surface area contributed by atoms with Crippen LogP contribution in [0.4, 0.5) is 16.4 Å². The first-order valence-corrected chi connectivity index (χ1v) is 11.0. The molecule has 174 valence electrons. The Kier molecular flexibility index (Phi) is 8.06. The van der Waals surface area contributed by atoms with Crippen molar-refractivity contribution in [1.29, 1.82) is 0 Å². The quantitative estimate of drug-likeness (QED) is 0.608. The summed E-state index contributed by atoms with van der Waals surface area (Å²) in [5, 5.41) is 3.45. The molecule has 1 spiro atoms. The molecular formula is C23H30Cl2N4O3. The fourth-order valence-electron chi connectivity index (χ4n) is 4.47. The van der Waals surface area contributed by atoms with Gasteiger partial charge in [0.1, 0.15) is 23.0 Å². The molecule has 1 aliphatic heterocycles. The predicted molar refractivity (Wildman–Crippen MR) is 128 cm³/mol. The molecule has 0 aromatic carbocycles. The number of pyridine rings is 2. The minimum absolute atomic E-state index is 0. The largest absolute Gasteiger partial charge is 0.489 e. The maximum atomic E-state index is 12.4. The maximum Gasteiger partial charge on any atom is 0.416 e. The van der Waals surface area contributed by atoms with Crippen molar-refractivity contribution in [3.8, 4) is 5.75 Å². The summed E-state index contributed by atoms with van der Waals surface area (Å²) in [5.74, 6) is 2.94. The van der Waals surface area contributed by atoms with Gasteiger partial charge in [0.05, 0.1) is 18.8 Å². The number of rotatable bonds is 6. The lowest BCUT2D eigenvalue weighted by molar-refractivity contribution is 0.0148. The van der Waals surface area contributed by atoms with Gasteiger partial charge in [0, 0.05) is 12.7 Å². The highest BCUT2D eigenvalue weighted by atomic mass is 35.5. The summed E-state index contributed by atoms with van der Waals surface area (Å²) in [6.07, 6.45) is 11.0. The minimum atomic E-state index is -0.371. The van der Waals surface area contributed by atoms with Gasteiger partial charge in [-0.05, 0) is 75.1 Å². The molecule has 3 fully saturated rings.